The van der Waals surface area contributed by atoms with Gasteiger partial charge in [0.05, 0.1) is 0 Å². The van der Waals surface area contributed by atoms with E-state index in [4.69, 9.17) is 0 Å². The lowest BCUT2D eigenvalue weighted by Gasteiger charge is -2.22. The van der Waals surface area contributed by atoms with E-state index in [1.165, 1.54) is 24.0 Å². The molecule has 4 aromatic rings. The SMILES string of the molecule is CC(C)NC(=O)c1c(C(c2ccccc2)c2ccccc2)c2ccccc2n1CCC1CCCN1. The van der Waals surface area contributed by atoms with Crippen molar-refractivity contribution in [2.45, 2.75) is 57.7 Å². The number of hydrogen-bond donors (Lipinski definition) is 2. The molecule has 3 aromatic carbocycles. The normalized spacial score (nSPS) is 15.8. The first-order valence-electron chi connectivity index (χ1n) is 12.9. The fraction of sp³-hybridized carbons (Fsp3) is 0.323. The van der Waals surface area contributed by atoms with Crippen molar-refractivity contribution in [3.63, 3.8) is 0 Å². The molecule has 5 rings (SSSR count). The van der Waals surface area contributed by atoms with Gasteiger partial charge in [0.25, 0.3) is 5.91 Å². The molecule has 4 nitrogen and oxygen atoms in total. The minimum atomic E-state index is -0.0407. The predicted molar refractivity (Wildman–Crippen MR) is 144 cm³/mol. The van der Waals surface area contributed by atoms with Crippen LogP contribution in [0.2, 0.25) is 0 Å². The van der Waals surface area contributed by atoms with Crippen LogP contribution < -0.4 is 10.6 Å². The Bertz CT molecular complexity index is 1230. The van der Waals surface area contributed by atoms with Crippen LogP contribution in [-0.4, -0.2) is 29.1 Å². The Kier molecular flexibility index (Phi) is 7.01. The number of aryl methyl sites for hydroxylation is 1. The molecule has 1 atom stereocenters. The average Bonchev–Trinajstić information content (AvgIpc) is 3.50. The highest BCUT2D eigenvalue weighted by Gasteiger charge is 2.30. The summed E-state index contributed by atoms with van der Waals surface area (Å²) >= 11 is 0. The van der Waals surface area contributed by atoms with Crippen LogP contribution in [0.25, 0.3) is 10.9 Å². The smallest absolute Gasteiger partial charge is 0.268 e. The van der Waals surface area contributed by atoms with Crippen molar-refractivity contribution in [3.8, 4) is 0 Å². The summed E-state index contributed by atoms with van der Waals surface area (Å²) in [5.41, 5.74) is 5.40. The maximum Gasteiger partial charge on any atom is 0.268 e. The van der Waals surface area contributed by atoms with Gasteiger partial charge in [-0.15, -0.1) is 0 Å². The first-order valence-corrected chi connectivity index (χ1v) is 12.9. The molecule has 1 unspecified atom stereocenters. The number of rotatable bonds is 8. The van der Waals surface area contributed by atoms with Crippen molar-refractivity contribution in [1.29, 1.82) is 0 Å². The quantitative estimate of drug-likeness (QED) is 0.330. The number of benzene rings is 3. The molecule has 0 aliphatic carbocycles. The lowest BCUT2D eigenvalue weighted by atomic mass is 9.83. The Labute approximate surface area is 208 Å². The predicted octanol–water partition coefficient (Wildman–Crippen LogP) is 6.10. The number of fused-ring (bicyclic) bond motifs is 1. The zero-order chi connectivity index (χ0) is 24.2. The highest BCUT2D eigenvalue weighted by Crippen LogP contribution is 2.40. The van der Waals surface area contributed by atoms with Crippen molar-refractivity contribution >= 4 is 16.8 Å². The molecule has 1 fully saturated rings. The standard InChI is InChI=1S/C31H35N3O/c1-22(2)33-31(35)30-29(28(23-12-5-3-6-13-23)24-14-7-4-8-15-24)26-17-9-10-18-27(26)34(30)21-19-25-16-11-20-32-25/h3-10,12-15,17-18,22,25,28,32H,11,16,19-21H2,1-2H3,(H,33,35). The molecule has 1 aromatic heterocycles. The number of amides is 1. The summed E-state index contributed by atoms with van der Waals surface area (Å²) in [4.78, 5) is 13.9. The average molecular weight is 466 g/mol. The molecule has 2 N–H and O–H groups in total. The van der Waals surface area contributed by atoms with E-state index in [1.54, 1.807) is 0 Å². The van der Waals surface area contributed by atoms with Crippen molar-refractivity contribution in [2.75, 3.05) is 6.54 Å². The van der Waals surface area contributed by atoms with E-state index < -0.39 is 0 Å². The maximum absolute atomic E-state index is 13.9. The van der Waals surface area contributed by atoms with Gasteiger partial charge in [-0.2, -0.15) is 0 Å². The third-order valence-corrected chi connectivity index (χ3v) is 7.06. The van der Waals surface area contributed by atoms with Crippen LogP contribution >= 0.6 is 0 Å². The van der Waals surface area contributed by atoms with Crippen LogP contribution in [0.5, 0.6) is 0 Å². The minimum Gasteiger partial charge on any atom is -0.349 e. The molecule has 1 aliphatic heterocycles. The van der Waals surface area contributed by atoms with E-state index in [0.29, 0.717) is 6.04 Å². The summed E-state index contributed by atoms with van der Waals surface area (Å²) in [5.74, 6) is -0.0384. The second kappa shape index (κ2) is 10.5. The van der Waals surface area contributed by atoms with Crippen LogP contribution in [0.15, 0.2) is 84.9 Å². The van der Waals surface area contributed by atoms with Gasteiger partial charge in [0.15, 0.2) is 0 Å². The van der Waals surface area contributed by atoms with Crippen molar-refractivity contribution in [1.82, 2.24) is 15.2 Å². The van der Waals surface area contributed by atoms with Gasteiger partial charge >= 0.3 is 0 Å². The lowest BCUT2D eigenvalue weighted by Crippen LogP contribution is -2.33. The van der Waals surface area contributed by atoms with Gasteiger partial charge in [-0.3, -0.25) is 4.79 Å². The number of nitrogens with one attached hydrogen (secondary N) is 2. The number of hydrogen-bond acceptors (Lipinski definition) is 2. The molecular formula is C31H35N3O. The number of carbonyl (C=O) groups is 1. The molecule has 1 aliphatic rings. The second-order valence-electron chi connectivity index (χ2n) is 9.90. The molecule has 0 radical (unpaired) electrons. The highest BCUT2D eigenvalue weighted by atomic mass is 16.2. The molecule has 2 heterocycles. The molecule has 180 valence electrons. The van der Waals surface area contributed by atoms with Gasteiger partial charge in [0.1, 0.15) is 5.69 Å². The Hall–Kier alpha value is -3.37. The fourth-order valence-corrected chi connectivity index (χ4v) is 5.53. The van der Waals surface area contributed by atoms with Gasteiger partial charge in [-0.1, -0.05) is 78.9 Å². The van der Waals surface area contributed by atoms with E-state index >= 15 is 0 Å². The summed E-state index contributed by atoms with van der Waals surface area (Å²) in [6.07, 6.45) is 3.45. The van der Waals surface area contributed by atoms with Gasteiger partial charge in [0, 0.05) is 41.0 Å². The summed E-state index contributed by atoms with van der Waals surface area (Å²) in [6, 6.07) is 30.3. The van der Waals surface area contributed by atoms with Crippen molar-refractivity contribution < 1.29 is 4.79 Å². The molecule has 0 saturated carbocycles. The van der Waals surface area contributed by atoms with E-state index in [2.05, 4.69) is 100 Å². The second-order valence-corrected chi connectivity index (χ2v) is 9.90. The highest BCUT2D eigenvalue weighted by molar-refractivity contribution is 6.03. The first-order chi connectivity index (χ1) is 17.1. The fourth-order valence-electron chi connectivity index (χ4n) is 5.53. The van der Waals surface area contributed by atoms with E-state index in [0.717, 1.165) is 41.7 Å². The molecule has 4 heteroatoms. The van der Waals surface area contributed by atoms with Crippen LogP contribution in [0.1, 0.15) is 66.2 Å². The largest absolute Gasteiger partial charge is 0.349 e. The van der Waals surface area contributed by atoms with Gasteiger partial charge in [0.2, 0.25) is 0 Å². The third kappa shape index (κ3) is 4.89. The van der Waals surface area contributed by atoms with Crippen LogP contribution in [0, 0.1) is 0 Å². The monoisotopic (exact) mass is 465 g/mol. The topological polar surface area (TPSA) is 46.1 Å². The van der Waals surface area contributed by atoms with E-state index in [1.807, 2.05) is 13.8 Å². The lowest BCUT2D eigenvalue weighted by molar-refractivity contribution is 0.0932. The molecule has 35 heavy (non-hydrogen) atoms. The summed E-state index contributed by atoms with van der Waals surface area (Å²) < 4.78 is 2.28. The molecule has 0 bridgehead atoms. The maximum atomic E-state index is 13.9. The van der Waals surface area contributed by atoms with E-state index in [9.17, 15) is 4.79 Å². The Morgan fingerprint density at radius 2 is 1.57 bits per heavy atom. The first kappa shape index (κ1) is 23.4. The number of para-hydroxylation sites is 1. The Balaban J connectivity index is 1.74. The zero-order valence-electron chi connectivity index (χ0n) is 20.7. The van der Waals surface area contributed by atoms with Crippen LogP contribution in [0.3, 0.4) is 0 Å². The van der Waals surface area contributed by atoms with Gasteiger partial charge < -0.3 is 15.2 Å². The Morgan fingerprint density at radius 3 is 2.17 bits per heavy atom. The molecular weight excluding hydrogens is 430 g/mol. The van der Waals surface area contributed by atoms with Gasteiger partial charge in [-0.25, -0.2) is 0 Å². The molecule has 0 spiro atoms. The van der Waals surface area contributed by atoms with Crippen molar-refractivity contribution in [3.05, 3.63) is 107 Å². The van der Waals surface area contributed by atoms with Gasteiger partial charge in [-0.05, 0) is 56.8 Å². The molecule has 1 amide bonds. The van der Waals surface area contributed by atoms with Crippen LogP contribution in [-0.2, 0) is 6.54 Å². The number of aromatic nitrogens is 1. The zero-order valence-corrected chi connectivity index (χ0v) is 20.7. The third-order valence-electron chi connectivity index (χ3n) is 7.06. The number of nitrogens with zero attached hydrogens (tertiary/aromatic N) is 1. The summed E-state index contributed by atoms with van der Waals surface area (Å²) in [7, 11) is 0. The summed E-state index contributed by atoms with van der Waals surface area (Å²) in [5, 5.41) is 7.99. The number of carbonyl (C=O) groups excluding carboxylic acids is 1. The van der Waals surface area contributed by atoms with E-state index in [-0.39, 0.29) is 17.9 Å². The summed E-state index contributed by atoms with van der Waals surface area (Å²) in [6.45, 7) is 5.96. The molecule has 1 saturated heterocycles. The van der Waals surface area contributed by atoms with Crippen LogP contribution in [0.4, 0.5) is 0 Å². The van der Waals surface area contributed by atoms with Crippen molar-refractivity contribution in [2.24, 2.45) is 0 Å². The minimum absolute atomic E-state index is 0.00226. The Morgan fingerprint density at radius 1 is 0.943 bits per heavy atom.